The van der Waals surface area contributed by atoms with Gasteiger partial charge in [-0.05, 0) is 26.9 Å². The van der Waals surface area contributed by atoms with Gasteiger partial charge in [0.2, 0.25) is 0 Å². The number of hydrogen-bond donors (Lipinski definition) is 0. The Labute approximate surface area is 102 Å². The van der Waals surface area contributed by atoms with Crippen LogP contribution < -0.4 is 0 Å². The summed E-state index contributed by atoms with van der Waals surface area (Å²) in [6.07, 6.45) is 5.71. The van der Waals surface area contributed by atoms with E-state index >= 15 is 0 Å². The van der Waals surface area contributed by atoms with Gasteiger partial charge in [0.15, 0.2) is 0 Å². The Bertz CT molecular complexity index is 214. The number of fused-ring (bicyclic) bond motifs is 1. The van der Waals surface area contributed by atoms with E-state index in [4.69, 9.17) is 0 Å². The van der Waals surface area contributed by atoms with E-state index in [-0.39, 0.29) is 8.37 Å². The molecule has 2 atom stereocenters. The van der Waals surface area contributed by atoms with Gasteiger partial charge in [-0.15, -0.1) is 0 Å². The molecule has 2 rings (SSSR count). The highest BCUT2D eigenvalue weighted by molar-refractivity contribution is 7.50. The van der Waals surface area contributed by atoms with Crippen LogP contribution in [0, 0.1) is 0 Å². The Morgan fingerprint density at radius 3 is 1.75 bits per heavy atom. The van der Waals surface area contributed by atoms with Crippen LogP contribution in [-0.4, -0.2) is 53.3 Å². The zero-order chi connectivity index (χ0) is 11.7. The van der Waals surface area contributed by atoms with Crippen LogP contribution in [0.2, 0.25) is 0 Å². The average molecular weight is 243 g/mol. The number of likely N-dealkylation sites (N-methyl/N-ethyl adjacent to an activating group) is 2. The fraction of sp³-hybridized carbons (Fsp3) is 1.00. The molecular weight excluding hydrogens is 217 g/mol. The van der Waals surface area contributed by atoms with Crippen LogP contribution in [0.5, 0.6) is 0 Å². The van der Waals surface area contributed by atoms with E-state index in [1.54, 1.807) is 0 Å². The molecule has 2 aliphatic rings. The molecule has 3 nitrogen and oxygen atoms in total. The van der Waals surface area contributed by atoms with Gasteiger partial charge in [0, 0.05) is 25.2 Å². The van der Waals surface area contributed by atoms with E-state index < -0.39 is 0 Å². The topological polar surface area (TPSA) is 9.72 Å². The molecule has 1 aliphatic carbocycles. The fourth-order valence-corrected chi connectivity index (χ4v) is 6.17. The number of hydrogen-bond acceptors (Lipinski definition) is 3. The van der Waals surface area contributed by atoms with E-state index in [1.165, 1.54) is 38.8 Å². The summed E-state index contributed by atoms with van der Waals surface area (Å²) in [5.74, 6) is 0. The molecule has 0 aromatic carbocycles. The molecule has 0 unspecified atom stereocenters. The number of rotatable bonds is 3. The predicted molar refractivity (Wildman–Crippen MR) is 71.4 cm³/mol. The van der Waals surface area contributed by atoms with Crippen LogP contribution in [0.15, 0.2) is 0 Å². The molecule has 94 valence electrons. The molecule has 16 heavy (non-hydrogen) atoms. The Morgan fingerprint density at radius 1 is 1.00 bits per heavy atom. The van der Waals surface area contributed by atoms with Crippen molar-refractivity contribution in [2.24, 2.45) is 0 Å². The normalized spacial score (nSPS) is 33.6. The molecule has 1 heterocycles. The molecule has 0 amide bonds. The zero-order valence-corrected chi connectivity index (χ0v) is 12.1. The Morgan fingerprint density at radius 2 is 1.44 bits per heavy atom. The first-order chi connectivity index (χ1) is 7.70. The van der Waals surface area contributed by atoms with Gasteiger partial charge >= 0.3 is 0 Å². The Balaban J connectivity index is 2.22. The monoisotopic (exact) mass is 243 g/mol. The van der Waals surface area contributed by atoms with Crippen molar-refractivity contribution >= 4 is 8.37 Å². The molecule has 4 heteroatoms. The summed E-state index contributed by atoms with van der Waals surface area (Å²) < 4.78 is 7.98. The maximum atomic E-state index is 2.77. The lowest BCUT2D eigenvalue weighted by molar-refractivity contribution is 0.210. The van der Waals surface area contributed by atoms with Crippen molar-refractivity contribution in [1.29, 1.82) is 0 Å². The quantitative estimate of drug-likeness (QED) is 0.706. The lowest BCUT2D eigenvalue weighted by Gasteiger charge is -2.34. The summed E-state index contributed by atoms with van der Waals surface area (Å²) in [7, 11) is 4.31. The Hall–Kier alpha value is 0.310. The minimum absolute atomic E-state index is 0.181. The molecule has 0 aromatic rings. The van der Waals surface area contributed by atoms with Crippen LogP contribution in [-0.2, 0) is 0 Å². The third-order valence-corrected chi connectivity index (χ3v) is 6.72. The lowest BCUT2D eigenvalue weighted by atomic mass is 9.90. The molecule has 0 radical (unpaired) electrons. The molecule has 0 N–H and O–H groups in total. The van der Waals surface area contributed by atoms with Crippen molar-refractivity contribution in [2.45, 2.75) is 51.6 Å². The van der Waals surface area contributed by atoms with Gasteiger partial charge in [-0.2, -0.15) is 0 Å². The molecular formula is C12H26N3P. The maximum absolute atomic E-state index is 2.77. The standard InChI is InChI=1S/C12H26N3P/c1-5-14-11-9-7-8-10-12(11)15(6-2)16(14)13(3)4/h11-12H,5-10H2,1-4H3/t11-,12-/m1/s1. The summed E-state index contributed by atoms with van der Waals surface area (Å²) in [5, 5.41) is 0. The van der Waals surface area contributed by atoms with E-state index in [0.717, 1.165) is 12.1 Å². The lowest BCUT2D eigenvalue weighted by Crippen LogP contribution is -2.39. The van der Waals surface area contributed by atoms with Crippen LogP contribution in [0.1, 0.15) is 39.5 Å². The van der Waals surface area contributed by atoms with Gasteiger partial charge in [0.05, 0.1) is 0 Å². The molecule has 1 saturated heterocycles. The number of nitrogens with zero attached hydrogens (tertiary/aromatic N) is 3. The van der Waals surface area contributed by atoms with Crippen molar-refractivity contribution in [3.63, 3.8) is 0 Å². The average Bonchev–Trinajstić information content (AvgIpc) is 2.62. The third kappa shape index (κ3) is 2.03. The molecule has 0 spiro atoms. The SMILES string of the molecule is CCN1[C@@H]2CCCC[C@H]2N(CC)P1N(C)C. The Kier molecular flexibility index (Phi) is 4.23. The maximum Gasteiger partial charge on any atom is 0.120 e. The molecule has 0 aromatic heterocycles. The first-order valence-electron chi connectivity index (χ1n) is 6.71. The van der Waals surface area contributed by atoms with Gasteiger partial charge in [0.1, 0.15) is 8.37 Å². The molecule has 0 bridgehead atoms. The smallest absolute Gasteiger partial charge is 0.120 e. The molecule has 1 saturated carbocycles. The van der Waals surface area contributed by atoms with Crippen molar-refractivity contribution in [2.75, 3.05) is 27.2 Å². The van der Waals surface area contributed by atoms with Gasteiger partial charge in [-0.3, -0.25) is 14.0 Å². The second-order valence-corrected chi connectivity index (χ2v) is 7.41. The van der Waals surface area contributed by atoms with E-state index in [9.17, 15) is 0 Å². The van der Waals surface area contributed by atoms with Crippen LogP contribution >= 0.6 is 8.37 Å². The minimum atomic E-state index is -0.181. The summed E-state index contributed by atoms with van der Waals surface area (Å²) in [4.78, 5) is 0. The van der Waals surface area contributed by atoms with Gasteiger partial charge in [0.25, 0.3) is 0 Å². The highest BCUT2D eigenvalue weighted by atomic mass is 31.2. The molecule has 1 aliphatic heterocycles. The summed E-state index contributed by atoms with van der Waals surface area (Å²) in [6, 6.07) is 1.68. The van der Waals surface area contributed by atoms with E-state index in [2.05, 4.69) is 42.0 Å². The third-order valence-electron chi connectivity index (χ3n) is 3.92. The summed E-state index contributed by atoms with van der Waals surface area (Å²) >= 11 is 0. The fourth-order valence-electron chi connectivity index (χ4n) is 3.38. The highest BCUT2D eigenvalue weighted by Gasteiger charge is 2.47. The summed E-state index contributed by atoms with van der Waals surface area (Å²) in [5.41, 5.74) is 0. The van der Waals surface area contributed by atoms with Crippen LogP contribution in [0.4, 0.5) is 0 Å². The van der Waals surface area contributed by atoms with Crippen LogP contribution in [0.25, 0.3) is 0 Å². The molecule has 2 fully saturated rings. The van der Waals surface area contributed by atoms with Gasteiger partial charge in [-0.1, -0.05) is 26.7 Å². The summed E-state index contributed by atoms with van der Waals surface area (Å²) in [6.45, 7) is 7.07. The first kappa shape index (κ1) is 12.8. The van der Waals surface area contributed by atoms with Crippen molar-refractivity contribution in [1.82, 2.24) is 14.0 Å². The van der Waals surface area contributed by atoms with Gasteiger partial charge in [-0.25, -0.2) is 0 Å². The minimum Gasteiger partial charge on any atom is -0.263 e. The largest absolute Gasteiger partial charge is 0.263 e. The van der Waals surface area contributed by atoms with Crippen molar-refractivity contribution < 1.29 is 0 Å². The van der Waals surface area contributed by atoms with Crippen molar-refractivity contribution in [3.8, 4) is 0 Å². The van der Waals surface area contributed by atoms with Gasteiger partial charge < -0.3 is 0 Å². The predicted octanol–water partition coefficient (Wildman–Crippen LogP) is 2.74. The van der Waals surface area contributed by atoms with E-state index in [0.29, 0.717) is 0 Å². The first-order valence-corrected chi connectivity index (χ1v) is 7.91. The second-order valence-electron chi connectivity index (χ2n) is 5.05. The van der Waals surface area contributed by atoms with E-state index in [1.807, 2.05) is 0 Å². The second kappa shape index (κ2) is 5.30. The van der Waals surface area contributed by atoms with Crippen LogP contribution in [0.3, 0.4) is 0 Å². The highest BCUT2D eigenvalue weighted by Crippen LogP contribution is 2.57. The zero-order valence-electron chi connectivity index (χ0n) is 11.2. The van der Waals surface area contributed by atoms with Crippen molar-refractivity contribution in [3.05, 3.63) is 0 Å².